The van der Waals surface area contributed by atoms with Crippen molar-refractivity contribution in [2.75, 3.05) is 14.2 Å². The highest BCUT2D eigenvalue weighted by molar-refractivity contribution is 5.81. The Morgan fingerprint density at radius 3 is 2.45 bits per heavy atom. The van der Waals surface area contributed by atoms with E-state index in [-0.39, 0.29) is 29.6 Å². The molecule has 2 aromatic carbocycles. The van der Waals surface area contributed by atoms with E-state index in [9.17, 15) is 19.8 Å². The number of aryl methyl sites for hydroxylation is 1. The number of aromatic hydroxyl groups is 2. The summed E-state index contributed by atoms with van der Waals surface area (Å²) in [5.74, 6) is 1.32. The van der Waals surface area contributed by atoms with Gasteiger partial charge in [0.2, 0.25) is 0 Å². The molecule has 7 heteroatoms. The molecular formula is C35H44O7. The Labute approximate surface area is 248 Å². The minimum absolute atomic E-state index is 0.0138. The fourth-order valence-electron chi connectivity index (χ4n) is 7.90. The van der Waals surface area contributed by atoms with Crippen molar-refractivity contribution >= 4 is 17.8 Å². The van der Waals surface area contributed by atoms with Gasteiger partial charge >= 0.3 is 5.97 Å². The molecule has 3 aliphatic rings. The van der Waals surface area contributed by atoms with Crippen molar-refractivity contribution in [3.63, 3.8) is 0 Å². The van der Waals surface area contributed by atoms with Crippen LogP contribution in [0.3, 0.4) is 0 Å². The molecule has 5 rings (SSSR count). The molecule has 4 atom stereocenters. The first-order chi connectivity index (χ1) is 20.2. The predicted octanol–water partition coefficient (Wildman–Crippen LogP) is 7.12. The summed E-state index contributed by atoms with van der Waals surface area (Å²) < 4.78 is 16.3. The smallest absolute Gasteiger partial charge is 0.302 e. The monoisotopic (exact) mass is 576 g/mol. The zero-order valence-electron chi connectivity index (χ0n) is 25.1. The number of phenols is 2. The van der Waals surface area contributed by atoms with E-state index in [0.29, 0.717) is 48.0 Å². The van der Waals surface area contributed by atoms with Crippen molar-refractivity contribution in [3.8, 4) is 23.0 Å². The molecule has 2 N–H and O–H groups in total. The number of carbonyl (C=O) groups excluding carboxylic acids is 2. The Bertz CT molecular complexity index is 1320. The van der Waals surface area contributed by atoms with Crippen molar-refractivity contribution < 1.29 is 34.0 Å². The lowest BCUT2D eigenvalue weighted by Gasteiger charge is -2.44. The van der Waals surface area contributed by atoms with Gasteiger partial charge < -0.3 is 24.4 Å². The van der Waals surface area contributed by atoms with Crippen LogP contribution in [0.25, 0.3) is 6.08 Å². The summed E-state index contributed by atoms with van der Waals surface area (Å²) in [4.78, 5) is 25.8. The van der Waals surface area contributed by atoms with Gasteiger partial charge in [-0.05, 0) is 109 Å². The summed E-state index contributed by atoms with van der Waals surface area (Å²) >= 11 is 0. The lowest BCUT2D eigenvalue weighted by atomic mass is 9.60. The molecule has 7 nitrogen and oxygen atoms in total. The summed E-state index contributed by atoms with van der Waals surface area (Å²) in [7, 11) is 3.05. The average molecular weight is 577 g/mol. The molecule has 2 aromatic rings. The number of ether oxygens (including phenoxy) is 3. The molecule has 0 bridgehead atoms. The first-order valence-corrected chi connectivity index (χ1v) is 15.3. The number of fused-ring (bicyclic) bond motifs is 2. The third-order valence-corrected chi connectivity index (χ3v) is 9.95. The zero-order valence-corrected chi connectivity index (χ0v) is 25.1. The number of hydrogen-bond donors (Lipinski definition) is 2. The summed E-state index contributed by atoms with van der Waals surface area (Å²) in [6.45, 7) is 1.37. The van der Waals surface area contributed by atoms with Gasteiger partial charge in [-0.15, -0.1) is 0 Å². The SMILES string of the molecule is COc1cc(CC[C@H](CC(=O)C[C@H]2c3cc(OC)c(O)cc3C=C[C@H]3CC4(CCCC4)CC[C@@H]32)OC(C)=O)ccc1O. The molecule has 0 saturated heterocycles. The number of ketones is 1. The van der Waals surface area contributed by atoms with Gasteiger partial charge in [-0.2, -0.15) is 0 Å². The fraction of sp³-hybridized carbons (Fsp3) is 0.543. The maximum atomic E-state index is 13.8. The highest BCUT2D eigenvalue weighted by Gasteiger charge is 2.45. The molecule has 1 spiro atoms. The van der Waals surface area contributed by atoms with E-state index in [0.717, 1.165) is 29.5 Å². The van der Waals surface area contributed by atoms with Gasteiger partial charge in [0.15, 0.2) is 23.0 Å². The van der Waals surface area contributed by atoms with Crippen LogP contribution in [0.15, 0.2) is 36.4 Å². The number of carbonyl (C=O) groups is 2. The van der Waals surface area contributed by atoms with Crippen LogP contribution in [0.4, 0.5) is 0 Å². The minimum Gasteiger partial charge on any atom is -0.504 e. The van der Waals surface area contributed by atoms with Crippen molar-refractivity contribution in [1.82, 2.24) is 0 Å². The lowest BCUT2D eigenvalue weighted by molar-refractivity contribution is -0.147. The van der Waals surface area contributed by atoms with Crippen LogP contribution >= 0.6 is 0 Å². The number of Topliss-reactive ketones (excluding diaryl/α,β-unsaturated/α-hetero) is 1. The Kier molecular flexibility index (Phi) is 9.14. The van der Waals surface area contributed by atoms with Crippen molar-refractivity contribution in [2.45, 2.75) is 89.6 Å². The molecule has 0 heterocycles. The van der Waals surface area contributed by atoms with Gasteiger partial charge in [0.1, 0.15) is 11.9 Å². The number of allylic oxidation sites excluding steroid dienone is 1. The molecule has 0 aliphatic heterocycles. The topological polar surface area (TPSA) is 102 Å². The lowest BCUT2D eigenvalue weighted by Crippen LogP contribution is -2.34. The molecule has 0 aromatic heterocycles. The van der Waals surface area contributed by atoms with Crippen LogP contribution < -0.4 is 9.47 Å². The number of hydrogen-bond acceptors (Lipinski definition) is 7. The van der Waals surface area contributed by atoms with Crippen LogP contribution in [-0.2, 0) is 20.7 Å². The molecule has 2 fully saturated rings. The Hall–Kier alpha value is -3.48. The summed E-state index contributed by atoms with van der Waals surface area (Å²) in [6, 6.07) is 8.83. The second-order valence-corrected chi connectivity index (χ2v) is 12.6. The molecule has 0 unspecified atom stereocenters. The molecular weight excluding hydrogens is 532 g/mol. The van der Waals surface area contributed by atoms with Crippen LogP contribution in [0.5, 0.6) is 23.0 Å². The second-order valence-electron chi connectivity index (χ2n) is 12.6. The summed E-state index contributed by atoms with van der Waals surface area (Å²) in [5.41, 5.74) is 3.34. The van der Waals surface area contributed by atoms with Gasteiger partial charge in [-0.3, -0.25) is 9.59 Å². The van der Waals surface area contributed by atoms with Crippen molar-refractivity contribution in [2.24, 2.45) is 17.3 Å². The molecule has 0 radical (unpaired) electrons. The molecule has 3 aliphatic carbocycles. The highest BCUT2D eigenvalue weighted by Crippen LogP contribution is 2.57. The summed E-state index contributed by atoms with van der Waals surface area (Å²) in [5, 5.41) is 20.5. The maximum Gasteiger partial charge on any atom is 0.302 e. The largest absolute Gasteiger partial charge is 0.504 e. The number of rotatable bonds is 10. The van der Waals surface area contributed by atoms with Gasteiger partial charge in [0.25, 0.3) is 0 Å². The first-order valence-electron chi connectivity index (χ1n) is 15.3. The minimum atomic E-state index is -0.545. The summed E-state index contributed by atoms with van der Waals surface area (Å²) in [6.07, 6.45) is 14.1. The molecule has 226 valence electrons. The number of methoxy groups -OCH3 is 2. The van der Waals surface area contributed by atoms with E-state index in [1.165, 1.54) is 46.1 Å². The standard InChI is InChI=1S/C35H44O7/c1-22(36)42-27(10-6-23-7-11-31(38)33(16-23)40-2)18-26(37)19-30-28-12-15-35(13-4-5-14-35)21-25(28)9-8-24-17-32(39)34(41-3)20-29(24)30/h7-9,11,16-17,20,25,27-28,30,38-39H,4-6,10,12-15,18-19,21H2,1-3H3/t25-,27+,28-,30+/m0/s1. The third kappa shape index (κ3) is 6.61. The van der Waals surface area contributed by atoms with Crippen LogP contribution in [-0.4, -0.2) is 42.3 Å². The third-order valence-electron chi connectivity index (χ3n) is 9.95. The highest BCUT2D eigenvalue weighted by atomic mass is 16.5. The van der Waals surface area contributed by atoms with E-state index >= 15 is 0 Å². The molecule has 2 saturated carbocycles. The number of esters is 1. The zero-order chi connectivity index (χ0) is 29.9. The maximum absolute atomic E-state index is 13.8. The van der Waals surface area contributed by atoms with Crippen LogP contribution in [0.1, 0.15) is 93.7 Å². The number of phenolic OH excluding ortho intramolecular Hbond substituents is 2. The normalized spacial score (nSPS) is 23.0. The van der Waals surface area contributed by atoms with E-state index in [1.807, 2.05) is 12.1 Å². The molecule has 42 heavy (non-hydrogen) atoms. The Morgan fingerprint density at radius 1 is 1.00 bits per heavy atom. The van der Waals surface area contributed by atoms with Gasteiger partial charge in [-0.25, -0.2) is 0 Å². The first kappa shape index (κ1) is 30.0. The average Bonchev–Trinajstić information content (AvgIpc) is 3.36. The Balaban J connectivity index is 1.36. The van der Waals surface area contributed by atoms with Crippen molar-refractivity contribution in [1.29, 1.82) is 0 Å². The fourth-order valence-corrected chi connectivity index (χ4v) is 7.90. The van der Waals surface area contributed by atoms with Gasteiger partial charge in [0, 0.05) is 19.8 Å². The molecule has 0 amide bonds. The van der Waals surface area contributed by atoms with E-state index in [2.05, 4.69) is 12.2 Å². The van der Waals surface area contributed by atoms with Gasteiger partial charge in [0.05, 0.1) is 14.2 Å². The second kappa shape index (κ2) is 12.8. The van der Waals surface area contributed by atoms with Crippen molar-refractivity contribution in [3.05, 3.63) is 53.1 Å². The van der Waals surface area contributed by atoms with Crippen LogP contribution in [0, 0.1) is 17.3 Å². The van der Waals surface area contributed by atoms with E-state index in [1.54, 1.807) is 25.3 Å². The van der Waals surface area contributed by atoms with E-state index in [4.69, 9.17) is 14.2 Å². The van der Waals surface area contributed by atoms with E-state index < -0.39 is 12.1 Å². The Morgan fingerprint density at radius 2 is 1.74 bits per heavy atom. The number of benzene rings is 2. The van der Waals surface area contributed by atoms with Crippen LogP contribution in [0.2, 0.25) is 0 Å². The predicted molar refractivity (Wildman–Crippen MR) is 161 cm³/mol. The van der Waals surface area contributed by atoms with Gasteiger partial charge in [-0.1, -0.05) is 31.1 Å². The quantitative estimate of drug-likeness (QED) is 0.291.